The van der Waals surface area contributed by atoms with Gasteiger partial charge in [-0.1, -0.05) is 42.0 Å². The second-order valence-corrected chi connectivity index (χ2v) is 7.32. The number of carbonyl (C=O) groups excluding carboxylic acids is 2. The van der Waals surface area contributed by atoms with Crippen molar-refractivity contribution < 1.29 is 14.3 Å². The molecule has 0 radical (unpaired) electrons. The Morgan fingerprint density at radius 2 is 2.00 bits per heavy atom. The Kier molecular flexibility index (Phi) is 7.25. The highest BCUT2D eigenvalue weighted by atomic mass is 16.5. The van der Waals surface area contributed by atoms with Gasteiger partial charge < -0.3 is 15.4 Å². The van der Waals surface area contributed by atoms with E-state index in [0.717, 1.165) is 29.0 Å². The smallest absolute Gasteiger partial charge is 0.237 e. The summed E-state index contributed by atoms with van der Waals surface area (Å²) in [6.45, 7) is 7.01. The number of hydrogen-bond donors (Lipinski definition) is 2. The van der Waals surface area contributed by atoms with Crippen LogP contribution in [0.25, 0.3) is 0 Å². The number of aryl methyl sites for hydroxylation is 1. The summed E-state index contributed by atoms with van der Waals surface area (Å²) >= 11 is 0. The predicted molar refractivity (Wildman–Crippen MR) is 112 cm³/mol. The lowest BCUT2D eigenvalue weighted by Gasteiger charge is -2.34. The molecule has 0 aromatic heterocycles. The van der Waals surface area contributed by atoms with Crippen LogP contribution in [0.15, 0.2) is 48.5 Å². The lowest BCUT2D eigenvalue weighted by atomic mass is 10.1. The Hall–Kier alpha value is -2.86. The van der Waals surface area contributed by atoms with Crippen LogP contribution in [0, 0.1) is 6.92 Å². The molecule has 0 unspecified atom stereocenters. The first-order chi connectivity index (χ1) is 14.0. The van der Waals surface area contributed by atoms with E-state index < -0.39 is 6.04 Å². The normalized spacial score (nSPS) is 16.9. The van der Waals surface area contributed by atoms with Gasteiger partial charge in [0.15, 0.2) is 0 Å². The zero-order chi connectivity index (χ0) is 20.6. The summed E-state index contributed by atoms with van der Waals surface area (Å²) in [6.07, 6.45) is 0.147. The second kappa shape index (κ2) is 10.1. The number of rotatable bonds is 8. The minimum Gasteiger partial charge on any atom is -0.494 e. The number of piperazine rings is 1. The molecule has 0 spiro atoms. The summed E-state index contributed by atoms with van der Waals surface area (Å²) in [5.74, 6) is 0.623. The maximum Gasteiger partial charge on any atom is 0.237 e. The second-order valence-electron chi connectivity index (χ2n) is 7.32. The van der Waals surface area contributed by atoms with E-state index in [9.17, 15) is 9.59 Å². The third kappa shape index (κ3) is 6.06. The molecule has 154 valence electrons. The average Bonchev–Trinajstić information content (AvgIpc) is 2.71. The van der Waals surface area contributed by atoms with Gasteiger partial charge in [-0.2, -0.15) is 0 Å². The van der Waals surface area contributed by atoms with Crippen LogP contribution in [0.1, 0.15) is 30.0 Å². The van der Waals surface area contributed by atoms with Gasteiger partial charge in [-0.05, 0) is 37.1 Å². The van der Waals surface area contributed by atoms with Crippen LogP contribution in [0.3, 0.4) is 0 Å². The van der Waals surface area contributed by atoms with Crippen LogP contribution in [-0.2, 0) is 22.7 Å². The summed E-state index contributed by atoms with van der Waals surface area (Å²) in [7, 11) is 0. The highest BCUT2D eigenvalue weighted by Crippen LogP contribution is 2.17. The van der Waals surface area contributed by atoms with Crippen molar-refractivity contribution in [2.24, 2.45) is 0 Å². The van der Waals surface area contributed by atoms with Gasteiger partial charge in [-0.3, -0.25) is 14.5 Å². The fourth-order valence-electron chi connectivity index (χ4n) is 3.54. The fourth-order valence-corrected chi connectivity index (χ4v) is 3.54. The van der Waals surface area contributed by atoms with Crippen molar-refractivity contribution in [3.8, 4) is 5.75 Å². The molecule has 0 saturated carbocycles. The van der Waals surface area contributed by atoms with E-state index in [4.69, 9.17) is 4.74 Å². The SMILES string of the molecule is CCOc1ccc(CN2CCNC(=O)[C@@H]2CC(=O)NCc2cccc(C)c2)cc1. The Bertz CT molecular complexity index is 836. The highest BCUT2D eigenvalue weighted by Gasteiger charge is 2.31. The van der Waals surface area contributed by atoms with Crippen molar-refractivity contribution in [2.45, 2.75) is 39.4 Å². The monoisotopic (exact) mass is 395 g/mol. The molecular weight excluding hydrogens is 366 g/mol. The largest absolute Gasteiger partial charge is 0.494 e. The zero-order valence-corrected chi connectivity index (χ0v) is 17.1. The molecule has 0 aliphatic carbocycles. The lowest BCUT2D eigenvalue weighted by molar-refractivity contribution is -0.134. The number of amides is 2. The fraction of sp³-hybridized carbons (Fsp3) is 0.391. The Labute approximate surface area is 172 Å². The summed E-state index contributed by atoms with van der Waals surface area (Å²) < 4.78 is 5.48. The first kappa shape index (κ1) is 20.9. The Balaban J connectivity index is 1.58. The molecule has 2 aromatic rings. The zero-order valence-electron chi connectivity index (χ0n) is 17.1. The molecule has 6 nitrogen and oxygen atoms in total. The maximum atomic E-state index is 12.5. The van der Waals surface area contributed by atoms with Crippen LogP contribution in [0.4, 0.5) is 0 Å². The van der Waals surface area contributed by atoms with Gasteiger partial charge in [0, 0.05) is 26.2 Å². The summed E-state index contributed by atoms with van der Waals surface area (Å²) in [4.78, 5) is 27.0. The highest BCUT2D eigenvalue weighted by molar-refractivity contribution is 5.88. The van der Waals surface area contributed by atoms with E-state index in [-0.39, 0.29) is 18.2 Å². The van der Waals surface area contributed by atoms with Crippen LogP contribution in [0.5, 0.6) is 5.75 Å². The number of benzene rings is 2. The molecule has 6 heteroatoms. The van der Waals surface area contributed by atoms with Gasteiger partial charge in [0.05, 0.1) is 19.1 Å². The topological polar surface area (TPSA) is 70.7 Å². The third-order valence-electron chi connectivity index (χ3n) is 5.01. The van der Waals surface area contributed by atoms with Gasteiger partial charge in [-0.25, -0.2) is 0 Å². The van der Waals surface area contributed by atoms with E-state index in [2.05, 4.69) is 15.5 Å². The molecule has 1 heterocycles. The van der Waals surface area contributed by atoms with Crippen molar-refractivity contribution in [1.29, 1.82) is 0 Å². The average molecular weight is 396 g/mol. The van der Waals surface area contributed by atoms with E-state index in [1.807, 2.05) is 62.4 Å². The lowest BCUT2D eigenvalue weighted by Crippen LogP contribution is -2.56. The van der Waals surface area contributed by atoms with Gasteiger partial charge in [0.25, 0.3) is 0 Å². The first-order valence-corrected chi connectivity index (χ1v) is 10.1. The molecule has 29 heavy (non-hydrogen) atoms. The van der Waals surface area contributed by atoms with Gasteiger partial charge in [0.1, 0.15) is 5.75 Å². The number of carbonyl (C=O) groups is 2. The maximum absolute atomic E-state index is 12.5. The molecule has 2 amide bonds. The van der Waals surface area contributed by atoms with Gasteiger partial charge >= 0.3 is 0 Å². The molecule has 1 atom stereocenters. The van der Waals surface area contributed by atoms with E-state index in [1.54, 1.807) is 0 Å². The van der Waals surface area contributed by atoms with Crippen LogP contribution >= 0.6 is 0 Å². The van der Waals surface area contributed by atoms with Crippen LogP contribution in [0.2, 0.25) is 0 Å². The van der Waals surface area contributed by atoms with Crippen LogP contribution < -0.4 is 15.4 Å². The molecule has 2 aromatic carbocycles. The first-order valence-electron chi connectivity index (χ1n) is 10.1. The Morgan fingerprint density at radius 1 is 1.21 bits per heavy atom. The molecule has 2 N–H and O–H groups in total. The van der Waals surface area contributed by atoms with Gasteiger partial charge in [-0.15, -0.1) is 0 Å². The van der Waals surface area contributed by atoms with Crippen molar-refractivity contribution >= 4 is 11.8 Å². The summed E-state index contributed by atoms with van der Waals surface area (Å²) in [5.41, 5.74) is 3.30. The number of nitrogens with zero attached hydrogens (tertiary/aromatic N) is 1. The molecule has 1 aliphatic heterocycles. The van der Waals surface area contributed by atoms with E-state index in [1.165, 1.54) is 0 Å². The van der Waals surface area contributed by atoms with Crippen molar-refractivity contribution in [2.75, 3.05) is 19.7 Å². The van der Waals surface area contributed by atoms with Crippen molar-refractivity contribution in [3.05, 3.63) is 65.2 Å². The minimum atomic E-state index is -0.465. The van der Waals surface area contributed by atoms with E-state index >= 15 is 0 Å². The number of ether oxygens (including phenoxy) is 1. The molecular formula is C23H29N3O3. The quantitative estimate of drug-likeness (QED) is 0.720. The summed E-state index contributed by atoms with van der Waals surface area (Å²) in [6, 6.07) is 15.5. The molecule has 1 aliphatic rings. The number of hydrogen-bond acceptors (Lipinski definition) is 4. The molecule has 0 bridgehead atoms. The van der Waals surface area contributed by atoms with Crippen LogP contribution in [-0.4, -0.2) is 42.5 Å². The Morgan fingerprint density at radius 3 is 2.72 bits per heavy atom. The summed E-state index contributed by atoms with van der Waals surface area (Å²) in [5, 5.41) is 5.82. The molecule has 3 rings (SSSR count). The van der Waals surface area contributed by atoms with Crippen molar-refractivity contribution in [1.82, 2.24) is 15.5 Å². The van der Waals surface area contributed by atoms with Crippen molar-refractivity contribution in [3.63, 3.8) is 0 Å². The number of nitrogens with one attached hydrogen (secondary N) is 2. The van der Waals surface area contributed by atoms with Gasteiger partial charge in [0.2, 0.25) is 11.8 Å². The minimum absolute atomic E-state index is 0.0899. The molecule has 1 fully saturated rings. The third-order valence-corrected chi connectivity index (χ3v) is 5.01. The standard InChI is InChI=1S/C23H29N3O3/c1-3-29-20-9-7-18(8-10-20)16-26-12-11-24-23(28)21(26)14-22(27)25-15-19-6-4-5-17(2)13-19/h4-10,13,21H,3,11-12,14-16H2,1-2H3,(H,24,28)(H,25,27)/t21-/m0/s1. The van der Waals surface area contributed by atoms with E-state index in [0.29, 0.717) is 26.2 Å². The predicted octanol–water partition coefficient (Wildman–Crippen LogP) is 2.40. The molecule has 1 saturated heterocycles.